The van der Waals surface area contributed by atoms with E-state index in [4.69, 9.17) is 22.3 Å². The van der Waals surface area contributed by atoms with Crippen LogP contribution >= 0.6 is 0 Å². The van der Waals surface area contributed by atoms with E-state index in [2.05, 4.69) is 58.5 Å². The highest BCUT2D eigenvalue weighted by Gasteiger charge is 2.39. The summed E-state index contributed by atoms with van der Waals surface area (Å²) in [5, 5.41) is 94.0. The average Bonchev–Trinajstić information content (AvgIpc) is 0.851. The van der Waals surface area contributed by atoms with Gasteiger partial charge in [-0.2, -0.15) is 0 Å². The van der Waals surface area contributed by atoms with Crippen LogP contribution in [0, 0.1) is 23.7 Å². The molecule has 24 N–H and O–H groups in total. The molecule has 1 aromatic rings. The fourth-order valence-electron chi connectivity index (χ4n) is 10.2. The zero-order valence-electron chi connectivity index (χ0n) is 59.8. The molecule has 38 nitrogen and oxygen atoms in total. The molecule has 1 aromatic carbocycles. The lowest BCUT2D eigenvalue weighted by molar-refractivity contribution is -0.143. The molecule has 0 fully saturated rings. The van der Waals surface area contributed by atoms with Gasteiger partial charge in [0.1, 0.15) is 72.2 Å². The first-order valence-corrected chi connectivity index (χ1v) is 34.2. The average molecular weight is 1480 g/mol. The number of carbonyl (C=O) groups excluding carboxylic acids is 11. The molecule has 0 saturated carbocycles. The van der Waals surface area contributed by atoms with Crippen LogP contribution in [0.25, 0.3) is 0 Å². The normalized spacial score (nSPS) is 14.7. The molecule has 0 aliphatic heterocycles. The Morgan fingerprint density at radius 1 is 0.337 bits per heavy atom. The van der Waals surface area contributed by atoms with E-state index in [9.17, 15) is 112 Å². The molecular weight excluding hydrogens is 1370 g/mol. The molecular formula is C66H106N14O24. The van der Waals surface area contributed by atoms with Crippen LogP contribution in [-0.2, 0) is 87.9 Å². The number of carboxylic acid groups (broad SMARTS) is 6. The quantitative estimate of drug-likeness (QED) is 0.0287. The van der Waals surface area contributed by atoms with Gasteiger partial charge in [-0.25, -0.2) is 4.79 Å². The topological polar surface area (TPSA) is 642 Å². The zero-order valence-corrected chi connectivity index (χ0v) is 59.8. The van der Waals surface area contributed by atoms with Crippen LogP contribution in [0.5, 0.6) is 5.75 Å². The number of hydrogen-bond acceptors (Lipinski definition) is 21. The fraction of sp³-hybridized carbons (Fsp3) is 0.652. The van der Waals surface area contributed by atoms with Gasteiger partial charge in [0.15, 0.2) is 0 Å². The van der Waals surface area contributed by atoms with E-state index in [1.54, 1.807) is 27.7 Å². The summed E-state index contributed by atoms with van der Waals surface area (Å²) >= 11 is 0. The van der Waals surface area contributed by atoms with Gasteiger partial charge in [-0.05, 0) is 125 Å². The Morgan fingerprint density at radius 2 is 0.635 bits per heavy atom. The van der Waals surface area contributed by atoms with Gasteiger partial charge in [0.25, 0.3) is 0 Å². The van der Waals surface area contributed by atoms with Crippen molar-refractivity contribution in [3.63, 3.8) is 0 Å². The predicted molar refractivity (Wildman–Crippen MR) is 368 cm³/mol. The monoisotopic (exact) mass is 1480 g/mol. The number of phenolic OH excluding ortho intramolecular Hbond substituents is 1. The number of hydrogen-bond donors (Lipinski definition) is 21. The number of carboxylic acids is 6. The molecule has 0 aliphatic rings. The number of rotatable bonds is 52. The smallest absolute Gasteiger partial charge is 0.326 e. The summed E-state index contributed by atoms with van der Waals surface area (Å²) in [5.41, 5.74) is 17.3. The van der Waals surface area contributed by atoms with Crippen LogP contribution < -0.4 is 75.7 Å². The minimum atomic E-state index is -2.15. The van der Waals surface area contributed by atoms with Gasteiger partial charge >= 0.3 is 35.8 Å². The van der Waals surface area contributed by atoms with E-state index in [1.165, 1.54) is 52.0 Å². The maximum atomic E-state index is 14.6. The maximum absolute atomic E-state index is 14.6. The lowest BCUT2D eigenvalue weighted by Gasteiger charge is -2.30. The third-order valence-electron chi connectivity index (χ3n) is 16.1. The fourth-order valence-corrected chi connectivity index (χ4v) is 10.2. The molecule has 1 rings (SSSR count). The van der Waals surface area contributed by atoms with Gasteiger partial charge in [0.05, 0.1) is 12.5 Å². The van der Waals surface area contributed by atoms with Crippen molar-refractivity contribution in [2.45, 2.75) is 237 Å². The van der Waals surface area contributed by atoms with Gasteiger partial charge in [-0.15, -0.1) is 0 Å². The van der Waals surface area contributed by atoms with Crippen molar-refractivity contribution in [1.82, 2.24) is 58.5 Å². The standard InChI is InChI=1S/C66H106N14O24/c1-32(2)29-44(60(97)74-43(66(103)104)14-10-12-28-68)77-64(101)52(33(3)4)78-59(96)39(13-9-11-27-67)71-56(93)42(22-26-50(88)89)73-63(100)53(34(5)6)80-65(102)54(35(7)8)79-62(99)45(30-36-15-17-37(81)18-16-36)75-58(95)41(21-25-49(86)87)72-61(98)46(31-51(90)91)76-57(94)40(20-24-48(84)85)70-55(92)38(69)19-23-47(82)83/h15-18,32-35,38-46,52-54,81H,9-14,19-31,67-69H2,1-8H3,(H,70,92)(H,71,93)(H,72,98)(H,73,100)(H,74,97)(H,75,95)(H,76,94)(H,77,101)(H,78,96)(H,79,99)(H,80,102)(H,82,83)(H,84,85)(H,86,87)(H,88,89)(H,90,91)(H,103,104)/t38-,39-,40-,41-,42-,43-,44-,45-,46-,52-,53-,54-/m0/s1. The Hall–Kier alpha value is -10.1. The Kier molecular flexibility index (Phi) is 41.7. The summed E-state index contributed by atoms with van der Waals surface area (Å²) < 4.78 is 0. The third kappa shape index (κ3) is 35.7. The first kappa shape index (κ1) is 91.9. The summed E-state index contributed by atoms with van der Waals surface area (Å²) in [4.78, 5) is 225. The lowest BCUT2D eigenvalue weighted by atomic mass is 9.98. The number of nitrogens with two attached hydrogens (primary N) is 3. The van der Waals surface area contributed by atoms with Crippen molar-refractivity contribution < 1.29 is 117 Å². The highest BCUT2D eigenvalue weighted by atomic mass is 16.4. The summed E-state index contributed by atoms with van der Waals surface area (Å²) in [6.07, 6.45) is -5.63. The van der Waals surface area contributed by atoms with E-state index < -0.39 is 255 Å². The van der Waals surface area contributed by atoms with E-state index in [-0.39, 0.29) is 49.5 Å². The molecule has 0 bridgehead atoms. The van der Waals surface area contributed by atoms with Crippen LogP contribution in [0.1, 0.15) is 164 Å². The Bertz CT molecular complexity index is 3110. The molecule has 0 saturated heterocycles. The number of amides is 11. The van der Waals surface area contributed by atoms with Crippen LogP contribution in [0.4, 0.5) is 0 Å². The Balaban J connectivity index is 3.72. The molecule has 0 radical (unpaired) electrons. The summed E-state index contributed by atoms with van der Waals surface area (Å²) in [7, 11) is 0. The Labute approximate surface area is 601 Å². The molecule has 12 atom stereocenters. The minimum absolute atomic E-state index is 0.0610. The highest BCUT2D eigenvalue weighted by molar-refractivity contribution is 6.00. The summed E-state index contributed by atoms with van der Waals surface area (Å²) in [5.74, 6) is -23.6. The molecule has 0 spiro atoms. The predicted octanol–water partition coefficient (Wildman–Crippen LogP) is -3.11. The van der Waals surface area contributed by atoms with Crippen molar-refractivity contribution in [3.05, 3.63) is 29.8 Å². The molecule has 11 amide bonds. The molecule has 38 heteroatoms. The van der Waals surface area contributed by atoms with E-state index in [0.29, 0.717) is 25.8 Å². The van der Waals surface area contributed by atoms with E-state index in [0.717, 1.165) is 0 Å². The van der Waals surface area contributed by atoms with Gasteiger partial charge in [-0.3, -0.25) is 76.7 Å². The van der Waals surface area contributed by atoms with Crippen molar-refractivity contribution >= 4 is 101 Å². The molecule has 104 heavy (non-hydrogen) atoms. The number of nitrogens with one attached hydrogen (secondary N) is 11. The van der Waals surface area contributed by atoms with Gasteiger partial charge in [-0.1, -0.05) is 67.5 Å². The maximum Gasteiger partial charge on any atom is 0.326 e. The second-order valence-corrected chi connectivity index (χ2v) is 26.5. The van der Waals surface area contributed by atoms with Crippen LogP contribution in [-0.4, -0.2) is 222 Å². The minimum Gasteiger partial charge on any atom is -0.508 e. The number of phenols is 1. The van der Waals surface area contributed by atoms with E-state index >= 15 is 0 Å². The molecule has 0 heterocycles. The number of benzene rings is 1. The van der Waals surface area contributed by atoms with Crippen LogP contribution in [0.2, 0.25) is 0 Å². The van der Waals surface area contributed by atoms with Gasteiger partial charge < -0.3 is 111 Å². The number of unbranched alkanes of at least 4 members (excludes halogenated alkanes) is 2. The van der Waals surface area contributed by atoms with Crippen molar-refractivity contribution in [1.29, 1.82) is 0 Å². The largest absolute Gasteiger partial charge is 0.508 e. The van der Waals surface area contributed by atoms with Crippen molar-refractivity contribution in [2.24, 2.45) is 40.9 Å². The Morgan fingerprint density at radius 3 is 1.02 bits per heavy atom. The number of aliphatic carboxylic acids is 6. The molecule has 0 unspecified atom stereocenters. The number of carbonyl (C=O) groups is 17. The lowest BCUT2D eigenvalue weighted by Crippen LogP contribution is -2.62. The van der Waals surface area contributed by atoms with Crippen molar-refractivity contribution in [2.75, 3.05) is 13.1 Å². The van der Waals surface area contributed by atoms with Crippen LogP contribution in [0.15, 0.2) is 24.3 Å². The van der Waals surface area contributed by atoms with Gasteiger partial charge in [0, 0.05) is 32.1 Å². The zero-order chi connectivity index (χ0) is 79.2. The number of aromatic hydroxyl groups is 1. The first-order valence-electron chi connectivity index (χ1n) is 34.2. The molecule has 584 valence electrons. The second-order valence-electron chi connectivity index (χ2n) is 26.5. The highest BCUT2D eigenvalue weighted by Crippen LogP contribution is 2.17. The second kappa shape index (κ2) is 47.2. The van der Waals surface area contributed by atoms with E-state index in [1.807, 2.05) is 0 Å². The third-order valence-corrected chi connectivity index (χ3v) is 16.1. The SMILES string of the molecule is CC(C)C[C@H](NC(=O)[C@@H](NC(=O)[C@H](CCCCN)NC(=O)[C@H](CCC(=O)O)NC(=O)[C@@H](NC(=O)[C@@H](NC(=O)[C@H](Cc1ccc(O)cc1)NC(=O)[C@H](CCC(=O)O)NC(=O)[C@H](CC(=O)O)NC(=O)[C@H](CCC(=O)O)NC(=O)[C@@H](N)CCC(=O)O)C(C)C)C(C)C)C(C)C)C(=O)N[C@@H](CCCCN)C(=O)O. The van der Waals surface area contributed by atoms with Crippen molar-refractivity contribution in [3.8, 4) is 5.75 Å². The summed E-state index contributed by atoms with van der Waals surface area (Å²) in [6.45, 7) is 13.1. The molecule has 0 aliphatic carbocycles. The van der Waals surface area contributed by atoms with Crippen LogP contribution in [0.3, 0.4) is 0 Å². The van der Waals surface area contributed by atoms with Gasteiger partial charge in [0.2, 0.25) is 65.0 Å². The molecule has 0 aromatic heterocycles. The first-order chi connectivity index (χ1) is 48.6. The summed E-state index contributed by atoms with van der Waals surface area (Å²) in [6, 6.07) is -14.4.